The van der Waals surface area contributed by atoms with Crippen molar-refractivity contribution in [1.29, 1.82) is 0 Å². The molecule has 10 heteroatoms. The van der Waals surface area contributed by atoms with E-state index in [0.29, 0.717) is 25.4 Å². The van der Waals surface area contributed by atoms with Gasteiger partial charge >= 0.3 is 0 Å². The van der Waals surface area contributed by atoms with Crippen molar-refractivity contribution in [2.75, 3.05) is 26.2 Å². The van der Waals surface area contributed by atoms with Gasteiger partial charge in [-0.2, -0.15) is 0 Å². The zero-order chi connectivity index (χ0) is 30.0. The fourth-order valence-electron chi connectivity index (χ4n) is 7.01. The van der Waals surface area contributed by atoms with Crippen molar-refractivity contribution in [3.63, 3.8) is 0 Å². The summed E-state index contributed by atoms with van der Waals surface area (Å²) in [6.45, 7) is 4.07. The van der Waals surface area contributed by atoms with Gasteiger partial charge in [-0.1, -0.05) is 27.5 Å². The number of pyridine rings is 1. The minimum atomic E-state index is -0.922. The van der Waals surface area contributed by atoms with Crippen LogP contribution in [0.4, 0.5) is 0 Å². The molecular formula is C32H38Br2ClN3O4. The van der Waals surface area contributed by atoms with E-state index in [1.165, 1.54) is 23.6 Å². The van der Waals surface area contributed by atoms with E-state index in [9.17, 15) is 19.5 Å². The molecule has 1 aliphatic carbocycles. The average Bonchev–Trinajstić information content (AvgIpc) is 3.09. The molecule has 0 radical (unpaired) electrons. The number of piperidine rings is 2. The lowest BCUT2D eigenvalue weighted by Gasteiger charge is -2.38. The molecule has 3 heterocycles. The number of fused-ring (bicyclic) bond motifs is 2. The predicted molar refractivity (Wildman–Crippen MR) is 169 cm³/mol. The summed E-state index contributed by atoms with van der Waals surface area (Å²) in [6, 6.07) is 6.28. The molecule has 7 nitrogen and oxygen atoms in total. The number of aryl methyl sites for hydroxylation is 2. The lowest BCUT2D eigenvalue weighted by atomic mass is 9.76. The summed E-state index contributed by atoms with van der Waals surface area (Å²) in [6.07, 6.45) is 6.69. The van der Waals surface area contributed by atoms with Crippen molar-refractivity contribution in [3.05, 3.63) is 60.7 Å². The Kier molecular flexibility index (Phi) is 10.4. The molecule has 2 aromatic rings. The van der Waals surface area contributed by atoms with Crippen LogP contribution in [0.1, 0.15) is 80.2 Å². The first-order valence-corrected chi connectivity index (χ1v) is 16.9. The number of carbonyl (C=O) groups is 3. The van der Waals surface area contributed by atoms with E-state index in [4.69, 9.17) is 16.6 Å². The van der Waals surface area contributed by atoms with Gasteiger partial charge < -0.3 is 14.9 Å². The molecule has 5 rings (SSSR count). The second-order valence-corrected chi connectivity index (χ2v) is 14.4. The molecule has 0 saturated carbocycles. The maximum atomic E-state index is 13.3. The van der Waals surface area contributed by atoms with E-state index in [0.717, 1.165) is 71.3 Å². The molecule has 0 bridgehead atoms. The van der Waals surface area contributed by atoms with Crippen LogP contribution >= 0.6 is 43.5 Å². The molecule has 2 amide bonds. The quantitative estimate of drug-likeness (QED) is 0.374. The zero-order valence-electron chi connectivity index (χ0n) is 24.0. The maximum Gasteiger partial charge on any atom is 0.225 e. The predicted octanol–water partition coefficient (Wildman–Crippen LogP) is 6.09. The van der Waals surface area contributed by atoms with E-state index in [-0.39, 0.29) is 42.3 Å². The van der Waals surface area contributed by atoms with Crippen LogP contribution in [0.3, 0.4) is 0 Å². The van der Waals surface area contributed by atoms with E-state index >= 15 is 0 Å². The van der Waals surface area contributed by atoms with Gasteiger partial charge in [-0.25, -0.2) is 0 Å². The Balaban J connectivity index is 1.19. The van der Waals surface area contributed by atoms with Crippen LogP contribution in [0.5, 0.6) is 0 Å². The summed E-state index contributed by atoms with van der Waals surface area (Å²) in [7, 11) is 0. The van der Waals surface area contributed by atoms with Crippen molar-refractivity contribution in [1.82, 2.24) is 14.8 Å². The highest BCUT2D eigenvalue weighted by Gasteiger charge is 2.37. The third-order valence-electron chi connectivity index (χ3n) is 9.14. The van der Waals surface area contributed by atoms with Gasteiger partial charge in [0.2, 0.25) is 11.8 Å². The number of rotatable bonds is 7. The van der Waals surface area contributed by atoms with Crippen LogP contribution in [0.15, 0.2) is 33.3 Å². The average molecular weight is 724 g/mol. The van der Waals surface area contributed by atoms with E-state index in [2.05, 4.69) is 44.0 Å². The summed E-state index contributed by atoms with van der Waals surface area (Å²) in [5.74, 6) is 0.724. The fourth-order valence-corrected chi connectivity index (χ4v) is 8.51. The zero-order valence-corrected chi connectivity index (χ0v) is 27.9. The van der Waals surface area contributed by atoms with Crippen LogP contribution in [0.25, 0.3) is 0 Å². The Morgan fingerprint density at radius 3 is 2.29 bits per heavy atom. The van der Waals surface area contributed by atoms with Crippen LogP contribution in [0.2, 0.25) is 5.02 Å². The first kappa shape index (κ1) is 31.6. The molecule has 226 valence electrons. The number of ketones is 1. The summed E-state index contributed by atoms with van der Waals surface area (Å²) in [5, 5.41) is 10.7. The van der Waals surface area contributed by atoms with Crippen LogP contribution in [0, 0.1) is 11.8 Å². The Hall–Kier alpha value is -1.81. The third-order valence-corrected chi connectivity index (χ3v) is 10.5. The van der Waals surface area contributed by atoms with Gasteiger partial charge in [-0.15, -0.1) is 0 Å². The molecule has 0 unspecified atom stereocenters. The third kappa shape index (κ3) is 7.45. The molecule has 1 N–H and O–H groups in total. The molecule has 2 saturated heterocycles. The minimum Gasteiger partial charge on any atom is -0.392 e. The van der Waals surface area contributed by atoms with E-state index in [1.54, 1.807) is 4.90 Å². The maximum absolute atomic E-state index is 13.3. The normalized spacial score (nSPS) is 20.5. The fraction of sp³-hybridized carbons (Fsp3) is 0.562. The molecule has 1 aromatic carbocycles. The molecule has 2 aliphatic heterocycles. The number of carbonyl (C=O) groups excluding carboxylic acids is 3. The molecule has 2 fully saturated rings. The standard InChI is InChI=1S/C32H38Br2ClN3O4/c1-19(39)12-26(40)17-29(42)37-8-4-20(5-9-37)13-28(41)38-10-6-21(7-11-38)31-30-22(15-25(35)16-27(30)34)2-3-23-14-24(33)18-36-32(23)31/h14-16,18,20-21,26,31,40H,2-13,17H2,1H3/t26-,31+/m0/s1. The Morgan fingerprint density at radius 1 is 0.952 bits per heavy atom. The number of hydrogen-bond donors (Lipinski definition) is 1. The Morgan fingerprint density at radius 2 is 1.60 bits per heavy atom. The number of aliphatic hydroxyl groups excluding tert-OH is 1. The summed E-state index contributed by atoms with van der Waals surface area (Å²) in [4.78, 5) is 45.8. The van der Waals surface area contributed by atoms with E-state index in [1.807, 2.05) is 17.2 Å². The Labute approximate surface area is 269 Å². The number of aromatic nitrogens is 1. The second-order valence-electron chi connectivity index (χ2n) is 12.1. The minimum absolute atomic E-state index is 0.00703. The second kappa shape index (κ2) is 13.9. The number of nitrogens with zero attached hydrogens (tertiary/aromatic N) is 3. The van der Waals surface area contributed by atoms with Crippen molar-refractivity contribution in [2.45, 2.75) is 76.7 Å². The summed E-state index contributed by atoms with van der Waals surface area (Å²) in [5.41, 5.74) is 4.96. The summed E-state index contributed by atoms with van der Waals surface area (Å²) >= 11 is 13.9. The number of Topliss-reactive ketones (excluding diaryl/α,β-unsaturated/α-hetero) is 1. The highest BCUT2D eigenvalue weighted by Crippen LogP contribution is 2.46. The largest absolute Gasteiger partial charge is 0.392 e. The smallest absolute Gasteiger partial charge is 0.225 e. The summed E-state index contributed by atoms with van der Waals surface area (Å²) < 4.78 is 2.02. The first-order chi connectivity index (χ1) is 20.1. The number of likely N-dealkylation sites (tertiary alicyclic amines) is 2. The highest BCUT2D eigenvalue weighted by molar-refractivity contribution is 9.10. The number of benzene rings is 1. The van der Waals surface area contributed by atoms with Gasteiger partial charge in [0, 0.05) is 65.1 Å². The lowest BCUT2D eigenvalue weighted by molar-refractivity contribution is -0.136. The van der Waals surface area contributed by atoms with Crippen molar-refractivity contribution >= 4 is 61.1 Å². The van der Waals surface area contributed by atoms with Gasteiger partial charge in [-0.05, 0) is 108 Å². The lowest BCUT2D eigenvalue weighted by Crippen LogP contribution is -2.43. The molecule has 1 aromatic heterocycles. The topological polar surface area (TPSA) is 90.8 Å². The molecule has 2 atom stereocenters. The van der Waals surface area contributed by atoms with Gasteiger partial charge in [0.05, 0.1) is 18.2 Å². The van der Waals surface area contributed by atoms with Gasteiger partial charge in [0.1, 0.15) is 5.78 Å². The van der Waals surface area contributed by atoms with Crippen molar-refractivity contribution < 1.29 is 19.5 Å². The SMILES string of the molecule is CC(=O)C[C@H](O)CC(=O)N1CCC(CC(=O)N2CCC([C@H]3c4ncc(Br)cc4CCc4cc(Cl)cc(Br)c43)CC2)CC1. The van der Waals surface area contributed by atoms with Crippen molar-refractivity contribution in [3.8, 4) is 0 Å². The first-order valence-electron chi connectivity index (χ1n) is 14.9. The number of amides is 2. The molecule has 0 spiro atoms. The van der Waals surface area contributed by atoms with Crippen molar-refractivity contribution in [2.24, 2.45) is 11.8 Å². The highest BCUT2D eigenvalue weighted by atomic mass is 79.9. The number of halogens is 3. The molecule has 42 heavy (non-hydrogen) atoms. The monoisotopic (exact) mass is 721 g/mol. The van der Waals surface area contributed by atoms with Gasteiger partial charge in [-0.3, -0.25) is 19.4 Å². The van der Waals surface area contributed by atoms with Crippen LogP contribution in [-0.4, -0.2) is 69.8 Å². The number of aliphatic hydroxyl groups is 1. The number of hydrogen-bond acceptors (Lipinski definition) is 5. The Bertz CT molecular complexity index is 1340. The van der Waals surface area contributed by atoms with E-state index < -0.39 is 6.10 Å². The van der Waals surface area contributed by atoms with Gasteiger partial charge in [0.25, 0.3) is 0 Å². The van der Waals surface area contributed by atoms with Crippen LogP contribution in [-0.2, 0) is 27.2 Å². The molecular weight excluding hydrogens is 686 g/mol. The van der Waals surface area contributed by atoms with Gasteiger partial charge in [0.15, 0.2) is 0 Å². The van der Waals surface area contributed by atoms with Crippen LogP contribution < -0.4 is 0 Å². The molecule has 3 aliphatic rings.